The number of piperazine rings is 1. The molecule has 2 aliphatic rings. The van der Waals surface area contributed by atoms with Crippen molar-refractivity contribution < 1.29 is 4.79 Å². The largest absolute Gasteiger partial charge is 0.348 e. The molecule has 0 radical (unpaired) electrons. The smallest absolute Gasteiger partial charge is 0.234 e. The molecule has 1 atom stereocenters. The Morgan fingerprint density at radius 3 is 2.22 bits per heavy atom. The predicted octanol–water partition coefficient (Wildman–Crippen LogP) is 2.35. The number of carbonyl (C=O) groups excluding carboxylic acids is 1. The summed E-state index contributed by atoms with van der Waals surface area (Å²) in [7, 11) is 0. The van der Waals surface area contributed by atoms with Gasteiger partial charge in [-0.3, -0.25) is 14.6 Å². The van der Waals surface area contributed by atoms with E-state index in [1.54, 1.807) is 0 Å². The van der Waals surface area contributed by atoms with Gasteiger partial charge in [-0.25, -0.2) is 0 Å². The van der Waals surface area contributed by atoms with E-state index in [2.05, 4.69) is 52.9 Å². The first-order chi connectivity index (χ1) is 13.0. The molecule has 0 saturated carbocycles. The van der Waals surface area contributed by atoms with Gasteiger partial charge in [-0.15, -0.1) is 0 Å². The van der Waals surface area contributed by atoms with Crippen molar-refractivity contribution in [3.8, 4) is 0 Å². The summed E-state index contributed by atoms with van der Waals surface area (Å²) >= 11 is 0. The average Bonchev–Trinajstić information content (AvgIpc) is 2.69. The van der Waals surface area contributed by atoms with Crippen molar-refractivity contribution in [3.05, 3.63) is 35.9 Å². The average molecular weight is 373 g/mol. The van der Waals surface area contributed by atoms with Crippen molar-refractivity contribution in [2.24, 2.45) is 0 Å². The van der Waals surface area contributed by atoms with Crippen LogP contribution in [0.5, 0.6) is 0 Å². The fourth-order valence-corrected chi connectivity index (χ4v) is 4.37. The quantitative estimate of drug-likeness (QED) is 0.832. The van der Waals surface area contributed by atoms with Crippen LogP contribution in [0.15, 0.2) is 30.3 Å². The molecule has 0 unspecified atom stereocenters. The Morgan fingerprint density at radius 2 is 1.63 bits per heavy atom. The second-order valence-electron chi connectivity index (χ2n) is 8.37. The standard InChI is InChI=1S/C22H36N4O/c1-18(2)25-11-9-21(10-12-25)26-15-13-24(14-16-26)17-22(27)23-19(3)20-7-5-4-6-8-20/h4-8,18-19,21H,9-17H2,1-3H3,(H,23,27)/t19-/m1/s1. The molecule has 0 spiro atoms. The van der Waals surface area contributed by atoms with Gasteiger partial charge in [0.1, 0.15) is 0 Å². The van der Waals surface area contributed by atoms with Crippen LogP contribution in [0.1, 0.15) is 45.2 Å². The van der Waals surface area contributed by atoms with E-state index >= 15 is 0 Å². The molecule has 1 aromatic rings. The Balaban J connectivity index is 1.37. The number of likely N-dealkylation sites (tertiary alicyclic amines) is 1. The lowest BCUT2D eigenvalue weighted by molar-refractivity contribution is -0.123. The number of carbonyl (C=O) groups is 1. The van der Waals surface area contributed by atoms with Crippen LogP contribution < -0.4 is 5.32 Å². The Bertz CT molecular complexity index is 575. The van der Waals surface area contributed by atoms with Crippen molar-refractivity contribution in [1.29, 1.82) is 0 Å². The van der Waals surface area contributed by atoms with Crippen molar-refractivity contribution in [1.82, 2.24) is 20.0 Å². The van der Waals surface area contributed by atoms with E-state index in [1.807, 2.05) is 18.2 Å². The van der Waals surface area contributed by atoms with Gasteiger partial charge in [0, 0.05) is 38.3 Å². The van der Waals surface area contributed by atoms with Gasteiger partial charge in [-0.2, -0.15) is 0 Å². The lowest BCUT2D eigenvalue weighted by Crippen LogP contribution is -2.55. The highest BCUT2D eigenvalue weighted by atomic mass is 16.2. The van der Waals surface area contributed by atoms with Gasteiger partial charge in [-0.05, 0) is 52.3 Å². The number of piperidine rings is 1. The lowest BCUT2D eigenvalue weighted by atomic mass is 10.0. The van der Waals surface area contributed by atoms with E-state index in [0.717, 1.165) is 37.8 Å². The van der Waals surface area contributed by atoms with E-state index < -0.39 is 0 Å². The van der Waals surface area contributed by atoms with Gasteiger partial charge in [0.05, 0.1) is 12.6 Å². The zero-order chi connectivity index (χ0) is 19.2. The minimum Gasteiger partial charge on any atom is -0.348 e. The van der Waals surface area contributed by atoms with Crippen LogP contribution in [0.2, 0.25) is 0 Å². The van der Waals surface area contributed by atoms with Gasteiger partial charge >= 0.3 is 0 Å². The molecule has 150 valence electrons. The molecule has 5 heteroatoms. The van der Waals surface area contributed by atoms with Gasteiger partial charge < -0.3 is 10.2 Å². The maximum Gasteiger partial charge on any atom is 0.234 e. The number of amides is 1. The number of hydrogen-bond donors (Lipinski definition) is 1. The molecule has 1 N–H and O–H groups in total. The fraction of sp³-hybridized carbons (Fsp3) is 0.682. The molecule has 1 aromatic carbocycles. The molecule has 2 heterocycles. The van der Waals surface area contributed by atoms with Crippen LogP contribution in [0, 0.1) is 0 Å². The molecule has 0 aromatic heterocycles. The lowest BCUT2D eigenvalue weighted by Gasteiger charge is -2.43. The maximum atomic E-state index is 12.4. The second kappa shape index (κ2) is 9.67. The normalized spacial score (nSPS) is 22.1. The molecule has 2 aliphatic heterocycles. The third-order valence-electron chi connectivity index (χ3n) is 6.20. The highest BCUT2D eigenvalue weighted by molar-refractivity contribution is 5.78. The number of rotatable bonds is 6. The summed E-state index contributed by atoms with van der Waals surface area (Å²) in [6, 6.07) is 11.6. The summed E-state index contributed by atoms with van der Waals surface area (Å²) in [4.78, 5) is 19.9. The van der Waals surface area contributed by atoms with Crippen LogP contribution in [-0.2, 0) is 4.79 Å². The topological polar surface area (TPSA) is 38.8 Å². The van der Waals surface area contributed by atoms with E-state index in [1.165, 1.54) is 25.9 Å². The van der Waals surface area contributed by atoms with E-state index in [-0.39, 0.29) is 11.9 Å². The minimum absolute atomic E-state index is 0.0612. The van der Waals surface area contributed by atoms with Crippen LogP contribution in [0.3, 0.4) is 0 Å². The number of nitrogens with one attached hydrogen (secondary N) is 1. The van der Waals surface area contributed by atoms with Crippen molar-refractivity contribution >= 4 is 5.91 Å². The molecular weight excluding hydrogens is 336 g/mol. The monoisotopic (exact) mass is 372 g/mol. The molecule has 3 rings (SSSR count). The second-order valence-corrected chi connectivity index (χ2v) is 8.37. The summed E-state index contributed by atoms with van der Waals surface area (Å²) in [6.07, 6.45) is 2.57. The maximum absolute atomic E-state index is 12.4. The highest BCUT2D eigenvalue weighted by Crippen LogP contribution is 2.19. The number of benzene rings is 1. The van der Waals surface area contributed by atoms with Crippen LogP contribution in [0.25, 0.3) is 0 Å². The first-order valence-electron chi connectivity index (χ1n) is 10.6. The van der Waals surface area contributed by atoms with Crippen LogP contribution in [0.4, 0.5) is 0 Å². The van der Waals surface area contributed by atoms with E-state index in [4.69, 9.17) is 0 Å². The molecule has 1 amide bonds. The number of hydrogen-bond acceptors (Lipinski definition) is 4. The van der Waals surface area contributed by atoms with Crippen molar-refractivity contribution in [2.75, 3.05) is 45.8 Å². The zero-order valence-corrected chi connectivity index (χ0v) is 17.2. The van der Waals surface area contributed by atoms with Crippen LogP contribution in [-0.4, -0.2) is 78.5 Å². The Hall–Kier alpha value is -1.43. The zero-order valence-electron chi connectivity index (χ0n) is 17.2. The molecule has 0 bridgehead atoms. The summed E-state index contributed by atoms with van der Waals surface area (Å²) in [5, 5.41) is 3.13. The van der Waals surface area contributed by atoms with Gasteiger partial charge in [-0.1, -0.05) is 30.3 Å². The summed E-state index contributed by atoms with van der Waals surface area (Å²) < 4.78 is 0. The first kappa shape index (κ1) is 20.3. The third-order valence-corrected chi connectivity index (χ3v) is 6.20. The SMILES string of the molecule is CC(C)N1CCC(N2CCN(CC(=O)N[C@H](C)c3ccccc3)CC2)CC1. The Labute approximate surface area is 164 Å². The summed E-state index contributed by atoms with van der Waals surface area (Å²) in [5.41, 5.74) is 1.16. The number of nitrogens with zero attached hydrogens (tertiary/aromatic N) is 3. The molecular formula is C22H36N4O. The Kier molecular flexibility index (Phi) is 7.27. The van der Waals surface area contributed by atoms with Crippen molar-refractivity contribution in [3.63, 3.8) is 0 Å². The molecule has 2 saturated heterocycles. The third kappa shape index (κ3) is 5.77. The highest BCUT2D eigenvalue weighted by Gasteiger charge is 2.28. The van der Waals surface area contributed by atoms with Gasteiger partial charge in [0.2, 0.25) is 5.91 Å². The van der Waals surface area contributed by atoms with Crippen molar-refractivity contribution in [2.45, 2.75) is 51.7 Å². The predicted molar refractivity (Wildman–Crippen MR) is 111 cm³/mol. The van der Waals surface area contributed by atoms with Crippen LogP contribution >= 0.6 is 0 Å². The summed E-state index contributed by atoms with van der Waals surface area (Å²) in [6.45, 7) is 13.8. The first-order valence-corrected chi connectivity index (χ1v) is 10.6. The molecule has 5 nitrogen and oxygen atoms in total. The van der Waals surface area contributed by atoms with Gasteiger partial charge in [0.25, 0.3) is 0 Å². The van der Waals surface area contributed by atoms with Gasteiger partial charge in [0.15, 0.2) is 0 Å². The molecule has 27 heavy (non-hydrogen) atoms. The molecule has 2 fully saturated rings. The fourth-order valence-electron chi connectivity index (χ4n) is 4.37. The van der Waals surface area contributed by atoms with E-state index in [0.29, 0.717) is 12.6 Å². The minimum atomic E-state index is 0.0612. The summed E-state index contributed by atoms with van der Waals surface area (Å²) in [5.74, 6) is 0.130. The Morgan fingerprint density at radius 1 is 1.00 bits per heavy atom. The van der Waals surface area contributed by atoms with E-state index in [9.17, 15) is 4.79 Å². The molecule has 0 aliphatic carbocycles.